The maximum absolute atomic E-state index is 11.6. The molecule has 18 heavy (non-hydrogen) atoms. The van der Waals surface area contributed by atoms with Crippen molar-refractivity contribution in [3.05, 3.63) is 16.5 Å². The summed E-state index contributed by atoms with van der Waals surface area (Å²) in [7, 11) is 3.27. The van der Waals surface area contributed by atoms with Gasteiger partial charge in [-0.1, -0.05) is 11.6 Å². The summed E-state index contributed by atoms with van der Waals surface area (Å²) in [6.45, 7) is 1.05. The van der Waals surface area contributed by atoms with Crippen LogP contribution in [0.5, 0.6) is 0 Å². The van der Waals surface area contributed by atoms with Crippen molar-refractivity contribution in [3.63, 3.8) is 0 Å². The predicted molar refractivity (Wildman–Crippen MR) is 70.2 cm³/mol. The molecule has 1 rings (SSSR count). The van der Waals surface area contributed by atoms with Gasteiger partial charge in [0.2, 0.25) is 11.2 Å². The molecule has 1 amide bonds. The first kappa shape index (κ1) is 14.9. The predicted octanol–water partition coefficient (Wildman–Crippen LogP) is 0.982. The molecular formula is C10H14Cl2N4O2. The minimum atomic E-state index is -0.152. The van der Waals surface area contributed by atoms with Crippen molar-refractivity contribution in [2.75, 3.05) is 38.8 Å². The Bertz CT molecular complexity index is 417. The summed E-state index contributed by atoms with van der Waals surface area (Å²) in [5.74, 6) is 0.263. The van der Waals surface area contributed by atoms with Crippen LogP contribution in [0, 0.1) is 0 Å². The van der Waals surface area contributed by atoms with Crippen molar-refractivity contribution in [2.45, 2.75) is 0 Å². The maximum atomic E-state index is 11.6. The molecule has 0 spiro atoms. The molecule has 0 saturated heterocycles. The van der Waals surface area contributed by atoms with Crippen molar-refractivity contribution in [3.8, 4) is 0 Å². The lowest BCUT2D eigenvalue weighted by Crippen LogP contribution is -2.37. The fourth-order valence-electron chi connectivity index (χ4n) is 1.24. The summed E-state index contributed by atoms with van der Waals surface area (Å²) in [4.78, 5) is 20.9. The molecule has 0 aromatic carbocycles. The minimum absolute atomic E-state index is 0.0843. The van der Waals surface area contributed by atoms with Gasteiger partial charge < -0.3 is 15.0 Å². The molecule has 0 unspecified atom stereocenters. The molecular weight excluding hydrogens is 279 g/mol. The third-order valence-corrected chi connectivity index (χ3v) is 2.52. The first-order valence-electron chi connectivity index (χ1n) is 5.19. The van der Waals surface area contributed by atoms with Gasteiger partial charge in [0, 0.05) is 20.7 Å². The Morgan fingerprint density at radius 2 is 2.28 bits per heavy atom. The average Bonchev–Trinajstić information content (AvgIpc) is 2.32. The summed E-state index contributed by atoms with van der Waals surface area (Å²) in [6.07, 6.45) is 1.39. The van der Waals surface area contributed by atoms with Gasteiger partial charge in [-0.05, 0) is 11.6 Å². The zero-order valence-electron chi connectivity index (χ0n) is 10.1. The number of likely N-dealkylation sites (N-methyl/N-ethyl adjacent to an activating group) is 1. The third-order valence-electron chi connectivity index (χ3n) is 2.07. The number of carbonyl (C=O) groups is 1. The largest absolute Gasteiger partial charge is 0.383 e. The van der Waals surface area contributed by atoms with E-state index in [0.29, 0.717) is 24.0 Å². The number of nitrogens with one attached hydrogen (secondary N) is 1. The van der Waals surface area contributed by atoms with Crippen LogP contribution in [0.25, 0.3) is 0 Å². The van der Waals surface area contributed by atoms with E-state index in [0.717, 1.165) is 0 Å². The number of anilines is 1. The molecule has 1 heterocycles. The zero-order valence-corrected chi connectivity index (χ0v) is 11.6. The Morgan fingerprint density at radius 1 is 1.56 bits per heavy atom. The van der Waals surface area contributed by atoms with Crippen molar-refractivity contribution < 1.29 is 9.53 Å². The normalized spacial score (nSPS) is 10.2. The number of methoxy groups -OCH3 is 1. The summed E-state index contributed by atoms with van der Waals surface area (Å²) in [5.41, 5.74) is 0. The second-order valence-electron chi connectivity index (χ2n) is 3.51. The van der Waals surface area contributed by atoms with E-state index in [1.807, 2.05) is 0 Å². The van der Waals surface area contributed by atoms with E-state index >= 15 is 0 Å². The Hall–Kier alpha value is -1.11. The van der Waals surface area contributed by atoms with Crippen LogP contribution in [0.15, 0.2) is 6.20 Å². The average molecular weight is 293 g/mol. The van der Waals surface area contributed by atoms with Crippen LogP contribution in [0.1, 0.15) is 0 Å². The molecule has 0 bridgehead atoms. The highest BCUT2D eigenvalue weighted by Crippen LogP contribution is 2.22. The Labute approximate surface area is 115 Å². The Balaban J connectivity index is 2.56. The van der Waals surface area contributed by atoms with Crippen LogP contribution in [-0.2, 0) is 9.53 Å². The minimum Gasteiger partial charge on any atom is -0.383 e. The van der Waals surface area contributed by atoms with E-state index < -0.39 is 0 Å². The quantitative estimate of drug-likeness (QED) is 0.625. The Kier molecular flexibility index (Phi) is 6.11. The van der Waals surface area contributed by atoms with Gasteiger partial charge in [-0.3, -0.25) is 4.79 Å². The number of amides is 1. The van der Waals surface area contributed by atoms with Crippen LogP contribution in [0.3, 0.4) is 0 Å². The Morgan fingerprint density at radius 3 is 2.94 bits per heavy atom. The molecule has 1 aromatic heterocycles. The van der Waals surface area contributed by atoms with Gasteiger partial charge in [-0.15, -0.1) is 0 Å². The summed E-state index contributed by atoms with van der Waals surface area (Å²) in [5, 5.41) is 3.12. The monoisotopic (exact) mass is 292 g/mol. The molecule has 0 aliphatic rings. The van der Waals surface area contributed by atoms with E-state index in [1.165, 1.54) is 6.20 Å². The van der Waals surface area contributed by atoms with Crippen LogP contribution >= 0.6 is 23.2 Å². The van der Waals surface area contributed by atoms with Crippen molar-refractivity contribution in [1.82, 2.24) is 15.3 Å². The number of carbonyl (C=O) groups excluding carboxylic acids is 1. The molecule has 0 radical (unpaired) electrons. The maximum Gasteiger partial charge on any atom is 0.239 e. The number of hydrogen-bond acceptors (Lipinski definition) is 5. The van der Waals surface area contributed by atoms with Gasteiger partial charge in [0.15, 0.2) is 5.82 Å². The van der Waals surface area contributed by atoms with Crippen LogP contribution in [-0.4, -0.2) is 49.7 Å². The van der Waals surface area contributed by atoms with Crippen LogP contribution in [0.4, 0.5) is 5.82 Å². The first-order valence-corrected chi connectivity index (χ1v) is 5.95. The number of ether oxygens (including phenoxy) is 1. The van der Waals surface area contributed by atoms with Crippen molar-refractivity contribution in [1.29, 1.82) is 0 Å². The first-order chi connectivity index (χ1) is 8.54. The van der Waals surface area contributed by atoms with Gasteiger partial charge in [0.05, 0.1) is 19.3 Å². The standard InChI is InChI=1S/C10H14Cl2N4O2/c1-16(6-8(17)13-3-4-18-2)9-7(11)5-14-10(12)15-9/h5H,3-4,6H2,1-2H3,(H,13,17). The fourth-order valence-corrected chi connectivity index (χ4v) is 1.61. The summed E-state index contributed by atoms with van der Waals surface area (Å²) >= 11 is 11.6. The van der Waals surface area contributed by atoms with Gasteiger partial charge in [-0.25, -0.2) is 4.98 Å². The second-order valence-corrected chi connectivity index (χ2v) is 4.25. The van der Waals surface area contributed by atoms with Gasteiger partial charge in [-0.2, -0.15) is 4.98 Å². The topological polar surface area (TPSA) is 67.3 Å². The smallest absolute Gasteiger partial charge is 0.239 e. The molecule has 8 heteroatoms. The number of halogens is 2. The van der Waals surface area contributed by atoms with Crippen LogP contribution < -0.4 is 10.2 Å². The van der Waals surface area contributed by atoms with Crippen molar-refractivity contribution >= 4 is 34.9 Å². The molecule has 1 aromatic rings. The van der Waals surface area contributed by atoms with E-state index in [-0.39, 0.29) is 17.7 Å². The van der Waals surface area contributed by atoms with Crippen molar-refractivity contribution in [2.24, 2.45) is 0 Å². The van der Waals surface area contributed by atoms with Gasteiger partial charge >= 0.3 is 0 Å². The van der Waals surface area contributed by atoms with Gasteiger partial charge in [0.1, 0.15) is 5.02 Å². The number of aromatic nitrogens is 2. The highest BCUT2D eigenvalue weighted by atomic mass is 35.5. The van der Waals surface area contributed by atoms with E-state index in [4.69, 9.17) is 27.9 Å². The molecule has 0 aliphatic heterocycles. The number of hydrogen-bond donors (Lipinski definition) is 1. The summed E-state index contributed by atoms with van der Waals surface area (Å²) < 4.78 is 4.83. The third kappa shape index (κ3) is 4.64. The molecule has 0 aliphatic carbocycles. The molecule has 0 saturated carbocycles. The van der Waals surface area contributed by atoms with Gasteiger partial charge in [0.25, 0.3) is 0 Å². The lowest BCUT2D eigenvalue weighted by Gasteiger charge is -2.18. The van der Waals surface area contributed by atoms with Crippen LogP contribution in [0.2, 0.25) is 10.3 Å². The molecule has 0 atom stereocenters. The zero-order chi connectivity index (χ0) is 13.5. The van der Waals surface area contributed by atoms with E-state index in [1.54, 1.807) is 19.1 Å². The lowest BCUT2D eigenvalue weighted by molar-refractivity contribution is -0.119. The molecule has 6 nitrogen and oxygen atoms in total. The van der Waals surface area contributed by atoms with E-state index in [2.05, 4.69) is 15.3 Å². The number of nitrogens with zero attached hydrogens (tertiary/aromatic N) is 3. The lowest BCUT2D eigenvalue weighted by atomic mass is 10.4. The van der Waals surface area contributed by atoms with E-state index in [9.17, 15) is 4.79 Å². The fraction of sp³-hybridized carbons (Fsp3) is 0.500. The molecule has 0 fully saturated rings. The molecule has 1 N–H and O–H groups in total. The summed E-state index contributed by atoms with van der Waals surface area (Å²) in [6, 6.07) is 0. The highest BCUT2D eigenvalue weighted by Gasteiger charge is 2.12. The molecule has 100 valence electrons. The SMILES string of the molecule is COCCNC(=O)CN(C)c1nc(Cl)ncc1Cl. The highest BCUT2D eigenvalue weighted by molar-refractivity contribution is 6.33. The second kappa shape index (κ2) is 7.35. The number of rotatable bonds is 6.